The number of ether oxygens (including phenoxy) is 1. The van der Waals surface area contributed by atoms with Crippen LogP contribution in [0.15, 0.2) is 71.8 Å². The molecule has 1 fully saturated rings. The number of hydrogen-bond donors (Lipinski definition) is 0. The van der Waals surface area contributed by atoms with Crippen LogP contribution in [0.1, 0.15) is 30.0 Å². The Bertz CT molecular complexity index is 1390. The minimum Gasteiger partial charge on any atom is -0.497 e. The van der Waals surface area contributed by atoms with E-state index in [1.165, 1.54) is 0 Å². The summed E-state index contributed by atoms with van der Waals surface area (Å²) in [6, 6.07) is 21.7. The molecule has 0 N–H and O–H groups in total. The zero-order valence-corrected chi connectivity index (χ0v) is 20.7. The van der Waals surface area contributed by atoms with E-state index in [-0.39, 0.29) is 36.0 Å². The highest BCUT2D eigenvalue weighted by Crippen LogP contribution is 2.34. The molecule has 2 heterocycles. The second kappa shape index (κ2) is 9.43. The summed E-state index contributed by atoms with van der Waals surface area (Å²) in [5.41, 5.74) is 2.83. The molecule has 0 radical (unpaired) electrons. The largest absolute Gasteiger partial charge is 0.497 e. The van der Waals surface area contributed by atoms with Crippen LogP contribution in [0.4, 0.5) is 0 Å². The van der Waals surface area contributed by atoms with Crippen LogP contribution in [0.2, 0.25) is 0 Å². The molecule has 1 amide bonds. The number of amides is 1. The van der Waals surface area contributed by atoms with Crippen LogP contribution in [0, 0.1) is 0 Å². The molecule has 3 aromatic rings. The number of rotatable bonds is 6. The Morgan fingerprint density at radius 1 is 1.09 bits per heavy atom. The van der Waals surface area contributed by atoms with Gasteiger partial charge in [-0.3, -0.25) is 9.69 Å². The first-order valence-electron chi connectivity index (χ1n) is 11.8. The smallest absolute Gasteiger partial charge is 0.257 e. The first-order valence-corrected chi connectivity index (χ1v) is 13.6. The lowest BCUT2D eigenvalue weighted by molar-refractivity contribution is -0.134. The van der Waals surface area contributed by atoms with Crippen molar-refractivity contribution in [3.8, 4) is 5.75 Å². The summed E-state index contributed by atoms with van der Waals surface area (Å²) >= 11 is 0. The Balaban J connectivity index is 1.43. The molecular weight excluding hydrogens is 462 g/mol. The maximum atomic E-state index is 13.5. The molecule has 0 bridgehead atoms. The number of likely N-dealkylation sites (N-methyl/N-ethyl adjacent to an activating group) is 1. The molecule has 35 heavy (non-hydrogen) atoms. The lowest BCUT2D eigenvalue weighted by Gasteiger charge is -2.27. The molecule has 8 heteroatoms. The number of carbonyl (C=O) groups is 1. The molecule has 5 rings (SSSR count). The summed E-state index contributed by atoms with van der Waals surface area (Å²) in [7, 11) is 0.416. The van der Waals surface area contributed by atoms with E-state index in [9.17, 15) is 13.2 Å². The van der Waals surface area contributed by atoms with Gasteiger partial charge in [-0.15, -0.1) is 0 Å². The van der Waals surface area contributed by atoms with E-state index in [0.717, 1.165) is 33.4 Å². The standard InChI is InChI=1S/C27H29N3O4S/c1-29(23-13-14-35(32,33)18-23)17-27(31)30-26(20-9-11-24(34-2)12-10-20)16-25(28-30)22-8-7-19-5-3-4-6-21(19)15-22/h3-12,15,23,26H,13-14,16-18H2,1-2H3/t23-,26-/m1/s1. The summed E-state index contributed by atoms with van der Waals surface area (Å²) in [6.07, 6.45) is 1.15. The quantitative estimate of drug-likeness (QED) is 0.526. The fourth-order valence-electron chi connectivity index (χ4n) is 4.91. The van der Waals surface area contributed by atoms with Crippen molar-refractivity contribution in [3.05, 3.63) is 77.9 Å². The second-order valence-corrected chi connectivity index (χ2v) is 11.5. The van der Waals surface area contributed by atoms with Gasteiger partial charge in [0.2, 0.25) is 0 Å². The van der Waals surface area contributed by atoms with Gasteiger partial charge in [-0.1, -0.05) is 48.5 Å². The van der Waals surface area contributed by atoms with Gasteiger partial charge in [-0.2, -0.15) is 5.10 Å². The number of fused-ring (bicyclic) bond motifs is 1. The summed E-state index contributed by atoms with van der Waals surface area (Å²) in [5, 5.41) is 8.65. The molecule has 0 saturated carbocycles. The maximum absolute atomic E-state index is 13.5. The van der Waals surface area contributed by atoms with Gasteiger partial charge in [0.25, 0.3) is 5.91 Å². The van der Waals surface area contributed by atoms with Crippen molar-refractivity contribution in [3.63, 3.8) is 0 Å². The molecular formula is C27H29N3O4S. The second-order valence-electron chi connectivity index (χ2n) is 9.31. The minimum atomic E-state index is -3.02. The minimum absolute atomic E-state index is 0.101. The predicted octanol–water partition coefficient (Wildman–Crippen LogP) is 3.65. The van der Waals surface area contributed by atoms with Crippen LogP contribution < -0.4 is 4.74 Å². The van der Waals surface area contributed by atoms with E-state index in [0.29, 0.717) is 12.8 Å². The molecule has 7 nitrogen and oxygen atoms in total. The third kappa shape index (κ3) is 4.94. The van der Waals surface area contributed by atoms with Gasteiger partial charge < -0.3 is 4.74 Å². The molecule has 3 aromatic carbocycles. The van der Waals surface area contributed by atoms with Gasteiger partial charge >= 0.3 is 0 Å². The van der Waals surface area contributed by atoms with E-state index < -0.39 is 9.84 Å². The Morgan fingerprint density at radius 3 is 2.51 bits per heavy atom. The maximum Gasteiger partial charge on any atom is 0.257 e. The van der Waals surface area contributed by atoms with E-state index in [4.69, 9.17) is 9.84 Å². The number of hydrogen-bond acceptors (Lipinski definition) is 6. The highest BCUT2D eigenvalue weighted by molar-refractivity contribution is 7.91. The molecule has 0 aromatic heterocycles. The number of sulfone groups is 1. The van der Waals surface area contributed by atoms with E-state index in [2.05, 4.69) is 30.3 Å². The van der Waals surface area contributed by atoms with Crippen molar-refractivity contribution in [1.82, 2.24) is 9.91 Å². The van der Waals surface area contributed by atoms with Crippen molar-refractivity contribution in [2.24, 2.45) is 5.10 Å². The van der Waals surface area contributed by atoms with Crippen LogP contribution in [0.5, 0.6) is 5.75 Å². The van der Waals surface area contributed by atoms with Crippen LogP contribution in [0.25, 0.3) is 10.8 Å². The number of benzene rings is 3. The Labute approximate surface area is 205 Å². The van der Waals surface area contributed by atoms with Crippen LogP contribution >= 0.6 is 0 Å². The van der Waals surface area contributed by atoms with Gasteiger partial charge in [0.15, 0.2) is 9.84 Å². The number of hydrazone groups is 1. The zero-order valence-electron chi connectivity index (χ0n) is 19.9. The van der Waals surface area contributed by atoms with Crippen molar-refractivity contribution in [1.29, 1.82) is 0 Å². The highest BCUT2D eigenvalue weighted by atomic mass is 32.2. The van der Waals surface area contributed by atoms with Crippen molar-refractivity contribution < 1.29 is 17.9 Å². The van der Waals surface area contributed by atoms with Gasteiger partial charge in [-0.25, -0.2) is 13.4 Å². The molecule has 2 aliphatic rings. The highest BCUT2D eigenvalue weighted by Gasteiger charge is 2.36. The first kappa shape index (κ1) is 23.5. The molecule has 2 aliphatic heterocycles. The van der Waals surface area contributed by atoms with Gasteiger partial charge in [0.1, 0.15) is 5.75 Å². The normalized spacial score (nSPS) is 21.5. The first-order chi connectivity index (χ1) is 16.8. The topological polar surface area (TPSA) is 79.3 Å². The van der Waals surface area contributed by atoms with Crippen LogP contribution in [0.3, 0.4) is 0 Å². The molecule has 1 saturated heterocycles. The lowest BCUT2D eigenvalue weighted by Crippen LogP contribution is -2.41. The van der Waals surface area contributed by atoms with Crippen LogP contribution in [-0.2, 0) is 14.6 Å². The van der Waals surface area contributed by atoms with E-state index >= 15 is 0 Å². The van der Waals surface area contributed by atoms with Crippen LogP contribution in [-0.4, -0.2) is 68.2 Å². The van der Waals surface area contributed by atoms with Gasteiger partial charge in [-0.05, 0) is 53.6 Å². The van der Waals surface area contributed by atoms with E-state index in [1.54, 1.807) is 12.1 Å². The number of nitrogens with zero attached hydrogens (tertiary/aromatic N) is 3. The van der Waals surface area contributed by atoms with E-state index in [1.807, 2.05) is 48.3 Å². The number of methoxy groups -OCH3 is 1. The summed E-state index contributed by atoms with van der Waals surface area (Å²) < 4.78 is 29.1. The van der Waals surface area contributed by atoms with Crippen molar-refractivity contribution in [2.75, 3.05) is 32.2 Å². The summed E-state index contributed by atoms with van der Waals surface area (Å²) in [6.45, 7) is 0.112. The summed E-state index contributed by atoms with van der Waals surface area (Å²) in [4.78, 5) is 15.3. The Hall–Kier alpha value is -3.23. The fourth-order valence-corrected chi connectivity index (χ4v) is 6.71. The third-order valence-corrected chi connectivity index (χ3v) is 8.72. The van der Waals surface area contributed by atoms with Gasteiger partial charge in [0.05, 0.1) is 36.9 Å². The monoisotopic (exact) mass is 491 g/mol. The molecule has 0 unspecified atom stereocenters. The molecule has 182 valence electrons. The fraction of sp³-hybridized carbons (Fsp3) is 0.333. The Kier molecular flexibility index (Phi) is 6.34. The zero-order chi connectivity index (χ0) is 24.6. The summed E-state index contributed by atoms with van der Waals surface area (Å²) in [5.74, 6) is 0.888. The van der Waals surface area contributed by atoms with Crippen molar-refractivity contribution in [2.45, 2.75) is 24.9 Å². The molecule has 2 atom stereocenters. The average molecular weight is 492 g/mol. The molecule has 0 spiro atoms. The molecule has 0 aliphatic carbocycles. The average Bonchev–Trinajstić information content (AvgIpc) is 3.47. The van der Waals surface area contributed by atoms with Crippen molar-refractivity contribution >= 4 is 32.2 Å². The number of carbonyl (C=O) groups excluding carboxylic acids is 1. The SMILES string of the molecule is COc1ccc([C@H]2CC(c3ccc4ccccc4c3)=NN2C(=O)CN(C)[C@@H]2CCS(=O)(=O)C2)cc1. The lowest BCUT2D eigenvalue weighted by atomic mass is 9.97. The Morgan fingerprint density at radius 2 is 1.83 bits per heavy atom. The predicted molar refractivity (Wildman–Crippen MR) is 137 cm³/mol. The van der Waals surface area contributed by atoms with Gasteiger partial charge in [0, 0.05) is 12.5 Å². The third-order valence-electron chi connectivity index (χ3n) is 6.97.